The van der Waals surface area contributed by atoms with E-state index in [1.54, 1.807) is 37.4 Å². The molecule has 3 N–H and O–H groups in total. The summed E-state index contributed by atoms with van der Waals surface area (Å²) in [6, 6.07) is 14.6. The fraction of sp³-hybridized carbons (Fsp3) is 0.259. The number of aryl methyl sites for hydroxylation is 2. The van der Waals surface area contributed by atoms with Crippen molar-refractivity contribution in [3.63, 3.8) is 0 Å². The predicted octanol–water partition coefficient (Wildman–Crippen LogP) is 3.46. The summed E-state index contributed by atoms with van der Waals surface area (Å²) in [5, 5.41) is 12.5. The third-order valence-corrected chi connectivity index (χ3v) is 7.71. The molecule has 0 spiro atoms. The van der Waals surface area contributed by atoms with E-state index < -0.39 is 29.0 Å². The Bertz CT molecular complexity index is 1390. The van der Waals surface area contributed by atoms with E-state index in [1.165, 1.54) is 12.0 Å². The van der Waals surface area contributed by atoms with E-state index in [9.17, 15) is 19.6 Å². The first-order valence-corrected chi connectivity index (χ1v) is 12.3. The van der Waals surface area contributed by atoms with Crippen molar-refractivity contribution < 1.29 is 23.9 Å². The zero-order valence-electron chi connectivity index (χ0n) is 20.8. The minimum absolute atomic E-state index is 0.0619. The molecular formula is C27H26N4O5S. The van der Waals surface area contributed by atoms with Crippen molar-refractivity contribution in [1.82, 2.24) is 4.90 Å². The van der Waals surface area contributed by atoms with Gasteiger partial charge in [0.05, 0.1) is 48.8 Å². The number of carbonyl (C=O) groups is 3. The number of anilines is 1. The Balaban J connectivity index is 1.87. The lowest BCUT2D eigenvalue weighted by Gasteiger charge is -2.32. The summed E-state index contributed by atoms with van der Waals surface area (Å²) >= 11 is 1.07. The fourth-order valence-corrected chi connectivity index (χ4v) is 5.62. The highest BCUT2D eigenvalue weighted by Crippen LogP contribution is 2.50. The van der Waals surface area contributed by atoms with Gasteiger partial charge in [-0.3, -0.25) is 19.3 Å². The number of nitriles is 1. The Labute approximate surface area is 218 Å². The number of nitrogens with zero attached hydrogens (tertiary/aromatic N) is 2. The van der Waals surface area contributed by atoms with Gasteiger partial charge in [0, 0.05) is 5.69 Å². The Hall–Kier alpha value is -4.23. The summed E-state index contributed by atoms with van der Waals surface area (Å²) < 4.78 is 10.00. The molecule has 1 fully saturated rings. The van der Waals surface area contributed by atoms with Gasteiger partial charge in [-0.1, -0.05) is 30.0 Å². The molecule has 2 aliphatic heterocycles. The maximum Gasteiger partial charge on any atom is 0.307 e. The highest BCUT2D eigenvalue weighted by Gasteiger charge is 2.48. The molecule has 190 valence electrons. The molecule has 2 aromatic rings. The van der Waals surface area contributed by atoms with Crippen LogP contribution in [0.25, 0.3) is 0 Å². The van der Waals surface area contributed by atoms with Crippen LogP contribution in [-0.2, 0) is 19.1 Å². The van der Waals surface area contributed by atoms with Gasteiger partial charge in [0.1, 0.15) is 16.8 Å². The van der Waals surface area contributed by atoms with Crippen LogP contribution in [0.15, 0.2) is 64.5 Å². The standard InChI is InChI=1S/C27H26N4O5S/c1-14-5-8-17(11-15(14)2)30-25(33)23-22(16-6-9-18(35-3)10-7-16)19(13-28)24(29)31-26(34)20(37-27(23)31)12-21(32)36-4/h5-11,20,22H,12,29H2,1-4H3,(H,30,33)/t20-,22-/m0/s1. The van der Waals surface area contributed by atoms with Gasteiger partial charge in [0.25, 0.3) is 5.91 Å². The molecule has 4 rings (SSSR count). The third-order valence-electron chi connectivity index (χ3n) is 6.44. The second kappa shape index (κ2) is 10.4. The molecule has 9 nitrogen and oxygen atoms in total. The van der Waals surface area contributed by atoms with E-state index in [-0.39, 0.29) is 28.4 Å². The average molecular weight is 519 g/mol. The number of benzene rings is 2. The smallest absolute Gasteiger partial charge is 0.307 e. The van der Waals surface area contributed by atoms with E-state index in [1.807, 2.05) is 26.0 Å². The zero-order chi connectivity index (χ0) is 26.9. The topological polar surface area (TPSA) is 135 Å². The van der Waals surface area contributed by atoms with Crippen molar-refractivity contribution in [3.05, 3.63) is 81.2 Å². The molecule has 0 aromatic heterocycles. The Morgan fingerprint density at radius 1 is 1.14 bits per heavy atom. The Morgan fingerprint density at radius 2 is 1.84 bits per heavy atom. The lowest BCUT2D eigenvalue weighted by atomic mass is 9.82. The molecule has 0 bridgehead atoms. The van der Waals surface area contributed by atoms with E-state index >= 15 is 0 Å². The average Bonchev–Trinajstić information content (AvgIpc) is 3.21. The number of thioether (sulfide) groups is 1. The van der Waals surface area contributed by atoms with Gasteiger partial charge in [0.2, 0.25) is 5.91 Å². The third kappa shape index (κ3) is 4.78. The number of esters is 1. The first-order chi connectivity index (χ1) is 17.7. The second-order valence-corrected chi connectivity index (χ2v) is 9.84. The predicted molar refractivity (Wildman–Crippen MR) is 139 cm³/mol. The largest absolute Gasteiger partial charge is 0.497 e. The molecule has 37 heavy (non-hydrogen) atoms. The normalized spacial score (nSPS) is 18.9. The molecule has 0 unspecified atom stereocenters. The number of allylic oxidation sites excluding steroid dienone is 1. The van der Waals surface area contributed by atoms with Gasteiger partial charge in [0.15, 0.2) is 0 Å². The molecule has 2 aromatic carbocycles. The Kier molecular flexibility index (Phi) is 7.27. The number of nitrogens with one attached hydrogen (secondary N) is 1. The number of fused-ring (bicyclic) bond motifs is 1. The quantitative estimate of drug-likeness (QED) is 0.555. The monoisotopic (exact) mass is 518 g/mol. The van der Waals surface area contributed by atoms with Crippen molar-refractivity contribution in [2.24, 2.45) is 5.73 Å². The van der Waals surface area contributed by atoms with Crippen LogP contribution < -0.4 is 15.8 Å². The first kappa shape index (κ1) is 25.9. The molecular weight excluding hydrogens is 492 g/mol. The first-order valence-electron chi connectivity index (χ1n) is 11.4. The number of hydrogen-bond acceptors (Lipinski definition) is 8. The molecule has 2 heterocycles. The van der Waals surface area contributed by atoms with E-state index in [2.05, 4.69) is 11.4 Å². The molecule has 1 saturated heterocycles. The minimum atomic E-state index is -0.847. The maximum absolute atomic E-state index is 13.9. The lowest BCUT2D eigenvalue weighted by Crippen LogP contribution is -2.39. The van der Waals surface area contributed by atoms with Crippen LogP contribution in [0.4, 0.5) is 5.69 Å². The summed E-state index contributed by atoms with van der Waals surface area (Å²) in [7, 11) is 2.78. The van der Waals surface area contributed by atoms with Crippen LogP contribution in [0.1, 0.15) is 29.0 Å². The number of nitrogens with two attached hydrogens (primary N) is 1. The zero-order valence-corrected chi connectivity index (χ0v) is 21.6. The van der Waals surface area contributed by atoms with Crippen LogP contribution in [0.3, 0.4) is 0 Å². The summed E-state index contributed by atoms with van der Waals surface area (Å²) in [6.07, 6.45) is -0.200. The number of amides is 2. The summed E-state index contributed by atoms with van der Waals surface area (Å²) in [6.45, 7) is 3.91. The van der Waals surface area contributed by atoms with Gasteiger partial charge in [-0.15, -0.1) is 0 Å². The van der Waals surface area contributed by atoms with E-state index in [0.29, 0.717) is 17.0 Å². The summed E-state index contributed by atoms with van der Waals surface area (Å²) in [5.41, 5.74) is 9.90. The van der Waals surface area contributed by atoms with Crippen molar-refractivity contribution >= 4 is 35.2 Å². The van der Waals surface area contributed by atoms with Gasteiger partial charge in [-0.05, 0) is 54.8 Å². The van der Waals surface area contributed by atoms with E-state index in [4.69, 9.17) is 15.2 Å². The number of rotatable bonds is 6. The van der Waals surface area contributed by atoms with E-state index in [0.717, 1.165) is 22.9 Å². The fourth-order valence-electron chi connectivity index (χ4n) is 4.29. The maximum atomic E-state index is 13.9. The molecule has 2 atom stereocenters. The van der Waals surface area contributed by atoms with Gasteiger partial charge in [-0.25, -0.2) is 0 Å². The summed E-state index contributed by atoms with van der Waals surface area (Å²) in [5.74, 6) is -1.84. The van der Waals surface area contributed by atoms with Gasteiger partial charge in [-0.2, -0.15) is 5.26 Å². The molecule has 2 amide bonds. The molecule has 0 radical (unpaired) electrons. The van der Waals surface area contributed by atoms with Crippen molar-refractivity contribution in [3.8, 4) is 11.8 Å². The highest BCUT2D eigenvalue weighted by atomic mass is 32.2. The van der Waals surface area contributed by atoms with Gasteiger partial charge < -0.3 is 20.5 Å². The second-order valence-electron chi connectivity index (χ2n) is 8.65. The van der Waals surface area contributed by atoms with Crippen LogP contribution in [0.5, 0.6) is 5.75 Å². The molecule has 2 aliphatic rings. The van der Waals surface area contributed by atoms with Crippen molar-refractivity contribution in [1.29, 1.82) is 5.26 Å². The lowest BCUT2D eigenvalue weighted by molar-refractivity contribution is -0.142. The highest BCUT2D eigenvalue weighted by molar-refractivity contribution is 8.04. The van der Waals surface area contributed by atoms with Crippen molar-refractivity contribution in [2.45, 2.75) is 31.4 Å². The van der Waals surface area contributed by atoms with Crippen molar-refractivity contribution in [2.75, 3.05) is 19.5 Å². The number of methoxy groups -OCH3 is 2. The molecule has 0 saturated carbocycles. The Morgan fingerprint density at radius 3 is 2.43 bits per heavy atom. The molecule has 10 heteroatoms. The van der Waals surface area contributed by atoms with Crippen LogP contribution in [0, 0.1) is 25.2 Å². The summed E-state index contributed by atoms with van der Waals surface area (Å²) in [4.78, 5) is 40.3. The van der Waals surface area contributed by atoms with Crippen LogP contribution in [-0.4, -0.2) is 42.2 Å². The van der Waals surface area contributed by atoms with Gasteiger partial charge >= 0.3 is 5.97 Å². The minimum Gasteiger partial charge on any atom is -0.497 e. The molecule has 0 aliphatic carbocycles. The van der Waals surface area contributed by atoms with Crippen LogP contribution in [0.2, 0.25) is 0 Å². The van der Waals surface area contributed by atoms with Crippen LogP contribution >= 0.6 is 11.8 Å². The number of carbonyl (C=O) groups excluding carboxylic acids is 3. The number of ether oxygens (including phenoxy) is 2. The SMILES string of the molecule is COC(=O)C[C@@H]1SC2=C(C(=O)Nc3ccc(C)c(C)c3)[C@@H](c3ccc(OC)cc3)C(C#N)=C(N)N2C1=O. The number of hydrogen-bond donors (Lipinski definition) is 2.